The first-order valence-corrected chi connectivity index (χ1v) is 16.3. The third kappa shape index (κ3) is 5.66. The van der Waals surface area contributed by atoms with Gasteiger partial charge in [-0.3, -0.25) is 19.8 Å². The molecule has 3 aliphatic rings. The van der Waals surface area contributed by atoms with Gasteiger partial charge in [-0.1, -0.05) is 66.7 Å². The predicted molar refractivity (Wildman–Crippen MR) is 175 cm³/mol. The zero-order valence-corrected chi connectivity index (χ0v) is 26.9. The summed E-state index contributed by atoms with van der Waals surface area (Å²) in [5, 5.41) is 30.9. The van der Waals surface area contributed by atoms with Crippen LogP contribution in [-0.4, -0.2) is 59.2 Å². The molecule has 1 spiro atoms. The molecule has 1 saturated heterocycles. The Bertz CT molecular complexity index is 1660. The number of nitrogens with zero attached hydrogens (tertiary/aromatic N) is 2. The van der Waals surface area contributed by atoms with E-state index in [4.69, 9.17) is 27.9 Å². The lowest BCUT2D eigenvalue weighted by Crippen LogP contribution is -2.54. The van der Waals surface area contributed by atoms with Gasteiger partial charge in [-0.15, -0.1) is 0 Å². The molecular weight excluding hydrogens is 631 g/mol. The number of ether oxygens (including phenoxy) is 1. The van der Waals surface area contributed by atoms with Crippen molar-refractivity contribution in [1.82, 2.24) is 10.2 Å². The molecule has 2 aliphatic heterocycles. The first-order chi connectivity index (χ1) is 22.2. The van der Waals surface area contributed by atoms with Crippen LogP contribution in [0, 0.1) is 16.0 Å². The third-order valence-corrected chi connectivity index (χ3v) is 10.3. The molecule has 0 unspecified atom stereocenters. The molecule has 0 aromatic heterocycles. The molecule has 2 heterocycles. The number of methoxy groups -OCH3 is 1. The number of halogens is 2. The Labute approximate surface area is 277 Å². The molecule has 12 heteroatoms. The van der Waals surface area contributed by atoms with Gasteiger partial charge in [0.05, 0.1) is 30.2 Å². The summed E-state index contributed by atoms with van der Waals surface area (Å²) in [5.74, 6) is -1.12. The lowest BCUT2D eigenvalue weighted by Gasteiger charge is -2.41. The van der Waals surface area contributed by atoms with Gasteiger partial charge in [-0.2, -0.15) is 0 Å². The van der Waals surface area contributed by atoms with Gasteiger partial charge < -0.3 is 20.5 Å². The van der Waals surface area contributed by atoms with Crippen LogP contribution in [0.5, 0.6) is 0 Å². The number of hydrogen-bond donors (Lipinski definition) is 3. The molecule has 1 saturated carbocycles. The van der Waals surface area contributed by atoms with E-state index < -0.39 is 34.4 Å². The van der Waals surface area contributed by atoms with Gasteiger partial charge in [0.2, 0.25) is 5.91 Å². The Morgan fingerprint density at radius 3 is 2.57 bits per heavy atom. The average Bonchev–Trinajstić information content (AvgIpc) is 3.49. The highest BCUT2D eigenvalue weighted by Crippen LogP contribution is 2.58. The maximum Gasteiger partial charge on any atom is 0.338 e. The summed E-state index contributed by atoms with van der Waals surface area (Å²) in [4.78, 5) is 40.4. The van der Waals surface area contributed by atoms with Gasteiger partial charge in [0.15, 0.2) is 0 Å². The summed E-state index contributed by atoms with van der Waals surface area (Å²) < 4.78 is 4.76. The summed E-state index contributed by atoms with van der Waals surface area (Å²) in [6.07, 6.45) is 5.45. The average molecular weight is 668 g/mol. The van der Waals surface area contributed by atoms with Gasteiger partial charge >= 0.3 is 5.97 Å². The number of benzene rings is 3. The van der Waals surface area contributed by atoms with E-state index in [0.29, 0.717) is 33.8 Å². The van der Waals surface area contributed by atoms with Crippen molar-refractivity contribution in [2.75, 3.05) is 25.6 Å². The largest absolute Gasteiger partial charge is 0.465 e. The fraction of sp³-hybridized carbons (Fsp3) is 0.412. The van der Waals surface area contributed by atoms with Crippen LogP contribution in [0.3, 0.4) is 0 Å². The van der Waals surface area contributed by atoms with Crippen molar-refractivity contribution in [3.05, 3.63) is 103 Å². The Morgan fingerprint density at radius 2 is 1.87 bits per heavy atom. The minimum atomic E-state index is -1.23. The zero-order valence-electron chi connectivity index (χ0n) is 25.4. The van der Waals surface area contributed by atoms with Crippen LogP contribution in [0.15, 0.2) is 60.7 Å². The number of carbonyl (C=O) groups is 2. The minimum Gasteiger partial charge on any atom is -0.465 e. The van der Waals surface area contributed by atoms with Crippen molar-refractivity contribution in [3.63, 3.8) is 0 Å². The highest BCUT2D eigenvalue weighted by molar-refractivity contribution is 6.31. The number of nitro groups is 1. The molecular formula is C34H36Cl2N4O6. The number of aliphatic hydroxyl groups excluding tert-OH is 1. The molecule has 0 radical (unpaired) electrons. The second-order valence-corrected chi connectivity index (χ2v) is 13.2. The van der Waals surface area contributed by atoms with Crippen molar-refractivity contribution in [3.8, 4) is 0 Å². The Morgan fingerprint density at radius 1 is 1.11 bits per heavy atom. The molecule has 242 valence electrons. The molecule has 0 bridgehead atoms. The number of anilines is 1. The van der Waals surface area contributed by atoms with E-state index in [0.717, 1.165) is 36.8 Å². The van der Waals surface area contributed by atoms with Gasteiger partial charge in [0, 0.05) is 58.0 Å². The lowest BCUT2D eigenvalue weighted by atomic mass is 9.73. The predicted octanol–water partition coefficient (Wildman–Crippen LogP) is 6.03. The summed E-state index contributed by atoms with van der Waals surface area (Å²) >= 11 is 12.9. The van der Waals surface area contributed by atoms with E-state index in [-0.39, 0.29) is 30.3 Å². The first kappa shape index (κ1) is 32.4. The maximum atomic E-state index is 14.6. The Hall–Kier alpha value is -3.54. The van der Waals surface area contributed by atoms with Crippen molar-refractivity contribution >= 4 is 46.5 Å². The third-order valence-electron chi connectivity index (χ3n) is 9.87. The van der Waals surface area contributed by atoms with Crippen LogP contribution in [0.1, 0.15) is 65.1 Å². The summed E-state index contributed by atoms with van der Waals surface area (Å²) in [5.41, 5.74) is 1.13. The van der Waals surface area contributed by atoms with Crippen LogP contribution in [0.25, 0.3) is 0 Å². The molecule has 10 nitrogen and oxygen atoms in total. The molecule has 3 N–H and O–H groups in total. The number of fused-ring (bicyclic) bond motifs is 2. The van der Waals surface area contributed by atoms with Gasteiger partial charge in [-0.25, -0.2) is 4.79 Å². The molecule has 3 aromatic rings. The molecule has 2 fully saturated rings. The minimum absolute atomic E-state index is 0.0401. The van der Waals surface area contributed by atoms with Crippen LogP contribution < -0.4 is 10.6 Å². The number of carbonyl (C=O) groups excluding carboxylic acids is 2. The number of hydrogen-bond acceptors (Lipinski definition) is 8. The smallest absolute Gasteiger partial charge is 0.338 e. The topological polar surface area (TPSA) is 134 Å². The SMILES string of the molecule is COC(=O)c1ccc(CN[C@@H]2[C@H](CO)N(CC3CCCCC3)[C@@]3(C(=O)Nc4cc(Cl)ccc43)[C@H]2c2cccc(Cl)c2)c([N+](=O)[O-])c1. The second-order valence-electron chi connectivity index (χ2n) is 12.3. The molecule has 6 rings (SSSR count). The molecule has 1 amide bonds. The number of amides is 1. The van der Waals surface area contributed by atoms with E-state index in [1.165, 1.54) is 31.7 Å². The van der Waals surface area contributed by atoms with Gasteiger partial charge in [0.1, 0.15) is 5.54 Å². The highest BCUT2D eigenvalue weighted by atomic mass is 35.5. The maximum absolute atomic E-state index is 14.6. The van der Waals surface area contributed by atoms with Crippen LogP contribution in [0.4, 0.5) is 11.4 Å². The number of esters is 1. The van der Waals surface area contributed by atoms with Gasteiger partial charge in [0.25, 0.3) is 5.69 Å². The van der Waals surface area contributed by atoms with Crippen molar-refractivity contribution < 1.29 is 24.4 Å². The van der Waals surface area contributed by atoms with Crippen LogP contribution in [-0.2, 0) is 21.6 Å². The first-order valence-electron chi connectivity index (χ1n) is 15.5. The summed E-state index contributed by atoms with van der Waals surface area (Å²) in [6.45, 7) is 0.366. The monoisotopic (exact) mass is 666 g/mol. The Balaban J connectivity index is 1.50. The Kier molecular flexibility index (Phi) is 9.36. The summed E-state index contributed by atoms with van der Waals surface area (Å²) in [6, 6.07) is 15.9. The number of nitro benzene ring substituents is 1. The van der Waals surface area contributed by atoms with E-state index >= 15 is 0 Å². The zero-order chi connectivity index (χ0) is 32.6. The van der Waals surface area contributed by atoms with E-state index in [9.17, 15) is 24.8 Å². The molecule has 4 atom stereocenters. The second kappa shape index (κ2) is 13.3. The van der Waals surface area contributed by atoms with E-state index in [1.54, 1.807) is 18.2 Å². The van der Waals surface area contributed by atoms with Gasteiger partial charge in [-0.05, 0) is 54.7 Å². The number of rotatable bonds is 9. The molecule has 3 aromatic carbocycles. The molecule has 1 aliphatic carbocycles. The van der Waals surface area contributed by atoms with Crippen molar-refractivity contribution in [2.45, 2.75) is 62.2 Å². The van der Waals surface area contributed by atoms with Crippen LogP contribution in [0.2, 0.25) is 10.0 Å². The highest BCUT2D eigenvalue weighted by Gasteiger charge is 2.66. The lowest BCUT2D eigenvalue weighted by molar-refractivity contribution is -0.385. The number of nitrogens with one attached hydrogen (secondary N) is 2. The van der Waals surface area contributed by atoms with Crippen LogP contribution >= 0.6 is 23.2 Å². The normalized spacial score (nSPS) is 24.6. The summed E-state index contributed by atoms with van der Waals surface area (Å²) in [7, 11) is 1.22. The quantitative estimate of drug-likeness (QED) is 0.143. The van der Waals surface area contributed by atoms with E-state index in [2.05, 4.69) is 15.5 Å². The van der Waals surface area contributed by atoms with E-state index in [1.807, 2.05) is 24.3 Å². The number of likely N-dealkylation sites (tertiary alicyclic amines) is 1. The number of aliphatic hydroxyl groups is 1. The van der Waals surface area contributed by atoms with Crippen molar-refractivity contribution in [2.24, 2.45) is 5.92 Å². The fourth-order valence-electron chi connectivity index (χ4n) is 7.90. The standard InChI is InChI=1S/C34H36Cl2N4O6/c1-46-32(42)22-10-11-23(28(15-22)40(44)45)17-37-31-29(19-41)39(18-20-6-3-2-4-7-20)34(30(31)21-8-5-9-24(35)14-21)26-13-12-25(36)16-27(26)38-33(34)43/h5,8-16,20,29-31,37,41H,2-4,6-7,17-19H2,1H3,(H,38,43)/t29-,30-,31+,34+/m0/s1. The van der Waals surface area contributed by atoms with Crippen molar-refractivity contribution in [1.29, 1.82) is 0 Å². The fourth-order valence-corrected chi connectivity index (χ4v) is 8.27. The molecule has 46 heavy (non-hydrogen) atoms.